The summed E-state index contributed by atoms with van der Waals surface area (Å²) in [5.41, 5.74) is 3.58. The van der Waals surface area contributed by atoms with Gasteiger partial charge in [0.2, 0.25) is 5.91 Å². The van der Waals surface area contributed by atoms with Gasteiger partial charge in [0.25, 0.3) is 0 Å². The quantitative estimate of drug-likeness (QED) is 0.437. The van der Waals surface area contributed by atoms with Crippen molar-refractivity contribution in [3.05, 3.63) is 66.6 Å². The highest BCUT2D eigenvalue weighted by Crippen LogP contribution is 2.30. The molecule has 3 aromatic heterocycles. The molecular weight excluding hydrogens is 437 g/mol. The number of carbonyl (C=O) groups is 1. The summed E-state index contributed by atoms with van der Waals surface area (Å²) in [6.07, 6.45) is 6.59. The summed E-state index contributed by atoms with van der Waals surface area (Å²) >= 11 is 0. The van der Waals surface area contributed by atoms with Crippen LogP contribution in [0.15, 0.2) is 55.2 Å². The maximum atomic E-state index is 13.1. The Hall–Kier alpha value is -3.79. The van der Waals surface area contributed by atoms with E-state index in [9.17, 15) is 14.3 Å². The van der Waals surface area contributed by atoms with Crippen LogP contribution in [-0.2, 0) is 11.3 Å². The van der Waals surface area contributed by atoms with E-state index in [1.54, 1.807) is 34.5 Å². The molecule has 0 radical (unpaired) electrons. The van der Waals surface area contributed by atoms with E-state index >= 15 is 0 Å². The van der Waals surface area contributed by atoms with E-state index < -0.39 is 6.10 Å². The summed E-state index contributed by atoms with van der Waals surface area (Å²) in [5, 5.41) is 21.2. The lowest BCUT2D eigenvalue weighted by Crippen LogP contribution is -2.54. The molecular formula is C24H26FN7O2. The minimum Gasteiger partial charge on any atom is -0.391 e. The largest absolute Gasteiger partial charge is 0.391 e. The van der Waals surface area contributed by atoms with Crippen molar-refractivity contribution in [3.63, 3.8) is 0 Å². The average molecular weight is 464 g/mol. The van der Waals surface area contributed by atoms with E-state index in [0.29, 0.717) is 19.6 Å². The molecule has 0 bridgehead atoms. The zero-order valence-electron chi connectivity index (χ0n) is 19.0. The summed E-state index contributed by atoms with van der Waals surface area (Å²) in [5.74, 6) is 0.300. The van der Waals surface area contributed by atoms with Crippen molar-refractivity contribution in [2.75, 3.05) is 18.0 Å². The Balaban J connectivity index is 1.26. The number of rotatable bonds is 7. The van der Waals surface area contributed by atoms with Crippen molar-refractivity contribution in [1.29, 1.82) is 0 Å². The van der Waals surface area contributed by atoms with Gasteiger partial charge in [0.05, 0.1) is 30.8 Å². The number of aliphatic hydroxyl groups is 1. The van der Waals surface area contributed by atoms with Gasteiger partial charge < -0.3 is 15.3 Å². The fourth-order valence-corrected chi connectivity index (χ4v) is 4.18. The summed E-state index contributed by atoms with van der Waals surface area (Å²) in [7, 11) is 0. The van der Waals surface area contributed by atoms with Crippen molar-refractivity contribution in [3.8, 4) is 11.1 Å². The van der Waals surface area contributed by atoms with Crippen LogP contribution in [0, 0.1) is 11.7 Å². The maximum Gasteiger partial charge on any atom is 0.227 e. The molecule has 9 nitrogen and oxygen atoms in total. The highest BCUT2D eigenvalue weighted by molar-refractivity contribution is 5.84. The van der Waals surface area contributed by atoms with Crippen LogP contribution in [0.1, 0.15) is 25.5 Å². The molecule has 0 unspecified atom stereocenters. The number of hydrogen-bond acceptors (Lipinski definition) is 6. The number of amides is 1. The lowest BCUT2D eigenvalue weighted by Gasteiger charge is -2.39. The van der Waals surface area contributed by atoms with Crippen LogP contribution in [0.3, 0.4) is 0 Å². The molecule has 10 heteroatoms. The molecule has 0 aliphatic carbocycles. The molecule has 176 valence electrons. The third-order valence-electron chi connectivity index (χ3n) is 6.08. The number of benzene rings is 1. The molecule has 1 amide bonds. The van der Waals surface area contributed by atoms with Crippen LogP contribution in [0.2, 0.25) is 0 Å². The number of nitrogens with zero attached hydrogens (tertiary/aromatic N) is 6. The minimum absolute atomic E-state index is 0.0280. The van der Waals surface area contributed by atoms with Crippen LogP contribution >= 0.6 is 0 Å². The van der Waals surface area contributed by atoms with Crippen LogP contribution in [-0.4, -0.2) is 54.6 Å². The predicted octanol–water partition coefficient (Wildman–Crippen LogP) is 2.43. The SMILES string of the molecule is C[C@H](O)Cn1cc(-c2cc3c(N4CC(C(=O)N[C@@H](C)c5ccc(F)cc5)C4)ncnn3c2)cn1. The van der Waals surface area contributed by atoms with Gasteiger partial charge in [-0.05, 0) is 37.6 Å². The first-order valence-corrected chi connectivity index (χ1v) is 11.2. The Bertz CT molecular complexity index is 1310. The third-order valence-corrected chi connectivity index (χ3v) is 6.08. The third kappa shape index (κ3) is 4.36. The summed E-state index contributed by atoms with van der Waals surface area (Å²) in [6, 6.07) is 7.96. The number of fused-ring (bicyclic) bond motifs is 1. The second-order valence-corrected chi connectivity index (χ2v) is 8.83. The topological polar surface area (TPSA) is 101 Å². The van der Waals surface area contributed by atoms with E-state index in [0.717, 1.165) is 28.0 Å². The standard InChI is InChI=1S/C24H26FN7O2/c1-15(33)9-31-12-19(8-27-31)18-7-22-23(26-14-28-32(22)13-18)30-10-20(11-30)24(34)29-16(2)17-3-5-21(25)6-4-17/h3-8,12-16,20,33H,9-11H2,1-2H3,(H,29,34)/t15-,16-/m0/s1. The number of anilines is 1. The van der Waals surface area contributed by atoms with Gasteiger partial charge >= 0.3 is 0 Å². The Morgan fingerprint density at radius 2 is 1.94 bits per heavy atom. The Labute approximate surface area is 195 Å². The number of halogens is 1. The van der Waals surface area contributed by atoms with E-state index in [2.05, 4.69) is 25.4 Å². The van der Waals surface area contributed by atoms with Crippen LogP contribution < -0.4 is 10.2 Å². The zero-order valence-corrected chi connectivity index (χ0v) is 19.0. The molecule has 2 N–H and O–H groups in total. The molecule has 2 atom stereocenters. The van der Waals surface area contributed by atoms with Gasteiger partial charge in [-0.15, -0.1) is 0 Å². The average Bonchev–Trinajstić information content (AvgIpc) is 3.40. The van der Waals surface area contributed by atoms with Crippen molar-refractivity contribution in [1.82, 2.24) is 29.7 Å². The number of carbonyl (C=O) groups excluding carboxylic acids is 1. The fourth-order valence-electron chi connectivity index (χ4n) is 4.18. The molecule has 1 fully saturated rings. The molecule has 1 aliphatic heterocycles. The maximum absolute atomic E-state index is 13.1. The fraction of sp³-hybridized carbons (Fsp3) is 0.333. The Morgan fingerprint density at radius 1 is 1.18 bits per heavy atom. The lowest BCUT2D eigenvalue weighted by atomic mass is 9.98. The first-order chi connectivity index (χ1) is 16.4. The van der Waals surface area contributed by atoms with E-state index in [1.165, 1.54) is 18.5 Å². The molecule has 4 aromatic rings. The van der Waals surface area contributed by atoms with Gasteiger partial charge in [-0.2, -0.15) is 10.2 Å². The van der Waals surface area contributed by atoms with E-state index in [1.807, 2.05) is 25.4 Å². The van der Waals surface area contributed by atoms with Crippen LogP contribution in [0.4, 0.5) is 10.2 Å². The van der Waals surface area contributed by atoms with E-state index in [-0.39, 0.29) is 23.7 Å². The van der Waals surface area contributed by atoms with Gasteiger partial charge in [0, 0.05) is 36.6 Å². The van der Waals surface area contributed by atoms with Gasteiger partial charge in [0.1, 0.15) is 17.7 Å². The number of nitrogens with one attached hydrogen (secondary N) is 1. The van der Waals surface area contributed by atoms with Gasteiger partial charge in [-0.25, -0.2) is 13.9 Å². The zero-order chi connectivity index (χ0) is 23.8. The monoisotopic (exact) mass is 463 g/mol. The molecule has 34 heavy (non-hydrogen) atoms. The van der Waals surface area contributed by atoms with Gasteiger partial charge in [-0.3, -0.25) is 9.48 Å². The Morgan fingerprint density at radius 3 is 2.68 bits per heavy atom. The first kappa shape index (κ1) is 22.0. The molecule has 0 saturated carbocycles. The second-order valence-electron chi connectivity index (χ2n) is 8.83. The smallest absolute Gasteiger partial charge is 0.227 e. The van der Waals surface area contributed by atoms with Crippen molar-refractivity contribution in [2.24, 2.45) is 5.92 Å². The first-order valence-electron chi connectivity index (χ1n) is 11.2. The normalized spacial score (nSPS) is 15.8. The van der Waals surface area contributed by atoms with Crippen molar-refractivity contribution in [2.45, 2.75) is 32.5 Å². The molecule has 1 aliphatic rings. The summed E-state index contributed by atoms with van der Waals surface area (Å²) in [4.78, 5) is 19.2. The minimum atomic E-state index is -0.478. The second kappa shape index (κ2) is 8.86. The van der Waals surface area contributed by atoms with E-state index in [4.69, 9.17) is 0 Å². The van der Waals surface area contributed by atoms with Crippen LogP contribution in [0.5, 0.6) is 0 Å². The highest BCUT2D eigenvalue weighted by atomic mass is 19.1. The number of aromatic nitrogens is 5. The van der Waals surface area contributed by atoms with Crippen molar-refractivity contribution >= 4 is 17.2 Å². The number of aliphatic hydroxyl groups excluding tert-OH is 1. The summed E-state index contributed by atoms with van der Waals surface area (Å²) in [6.45, 7) is 5.15. The van der Waals surface area contributed by atoms with Crippen molar-refractivity contribution < 1.29 is 14.3 Å². The molecule has 1 saturated heterocycles. The molecule has 5 rings (SSSR count). The van der Waals surface area contributed by atoms with Gasteiger partial charge in [0.15, 0.2) is 5.82 Å². The number of hydrogen-bond donors (Lipinski definition) is 2. The van der Waals surface area contributed by atoms with Crippen LogP contribution in [0.25, 0.3) is 16.6 Å². The Kier molecular flexibility index (Phi) is 5.74. The molecule has 1 aromatic carbocycles. The summed E-state index contributed by atoms with van der Waals surface area (Å²) < 4.78 is 16.6. The van der Waals surface area contributed by atoms with Gasteiger partial charge in [-0.1, -0.05) is 12.1 Å². The molecule has 4 heterocycles. The molecule has 0 spiro atoms. The predicted molar refractivity (Wildman–Crippen MR) is 125 cm³/mol. The lowest BCUT2D eigenvalue weighted by molar-refractivity contribution is -0.126. The highest BCUT2D eigenvalue weighted by Gasteiger charge is 2.35.